The van der Waals surface area contributed by atoms with Crippen LogP contribution < -0.4 is 14.8 Å². The first-order valence-electron chi connectivity index (χ1n) is 7.71. The van der Waals surface area contributed by atoms with E-state index in [1.165, 1.54) is 14.2 Å². The Labute approximate surface area is 159 Å². The average molecular weight is 390 g/mol. The summed E-state index contributed by atoms with van der Waals surface area (Å²) in [6.07, 6.45) is 0. The van der Waals surface area contributed by atoms with Gasteiger partial charge in [-0.1, -0.05) is 0 Å². The second-order valence-electron chi connectivity index (χ2n) is 5.25. The zero-order valence-corrected chi connectivity index (χ0v) is 16.2. The Hall–Kier alpha value is -2.58. The van der Waals surface area contributed by atoms with E-state index in [0.29, 0.717) is 29.3 Å². The maximum atomic E-state index is 12.1. The van der Waals surface area contributed by atoms with Gasteiger partial charge in [-0.2, -0.15) is 11.3 Å². The van der Waals surface area contributed by atoms with Crippen molar-refractivity contribution in [3.63, 3.8) is 0 Å². The number of aromatic nitrogens is 1. The smallest absolute Gasteiger partial charge is 0.340 e. The lowest BCUT2D eigenvalue weighted by molar-refractivity contribution is 0.0601. The SMILES string of the molecule is COC(=O)c1cc(OC)c(OC)cc1NCc1csc(-c2ccsc2)n1. The van der Waals surface area contributed by atoms with Crippen molar-refractivity contribution >= 4 is 34.3 Å². The molecule has 0 aliphatic rings. The molecule has 8 heteroatoms. The van der Waals surface area contributed by atoms with Crippen molar-refractivity contribution in [1.82, 2.24) is 4.98 Å². The molecule has 0 radical (unpaired) electrons. The molecule has 3 aromatic rings. The van der Waals surface area contributed by atoms with Gasteiger partial charge in [0.2, 0.25) is 0 Å². The number of nitrogens with one attached hydrogen (secondary N) is 1. The van der Waals surface area contributed by atoms with Crippen LogP contribution in [0.5, 0.6) is 11.5 Å². The van der Waals surface area contributed by atoms with Crippen molar-refractivity contribution in [2.24, 2.45) is 0 Å². The highest BCUT2D eigenvalue weighted by Gasteiger charge is 2.17. The van der Waals surface area contributed by atoms with E-state index in [1.807, 2.05) is 16.8 Å². The molecule has 0 bridgehead atoms. The zero-order chi connectivity index (χ0) is 18.5. The number of thiazole rings is 1. The van der Waals surface area contributed by atoms with Crippen LogP contribution in [0, 0.1) is 0 Å². The molecule has 0 amide bonds. The fourth-order valence-electron chi connectivity index (χ4n) is 2.40. The molecule has 1 N–H and O–H groups in total. The highest BCUT2D eigenvalue weighted by atomic mass is 32.1. The Bertz CT molecular complexity index is 891. The second kappa shape index (κ2) is 8.20. The molecule has 0 spiro atoms. The number of carbonyl (C=O) groups excluding carboxylic acids is 1. The third-order valence-electron chi connectivity index (χ3n) is 3.71. The van der Waals surface area contributed by atoms with Crippen LogP contribution in [0.25, 0.3) is 10.6 Å². The molecule has 0 saturated heterocycles. The van der Waals surface area contributed by atoms with E-state index in [9.17, 15) is 4.79 Å². The summed E-state index contributed by atoms with van der Waals surface area (Å²) in [4.78, 5) is 16.7. The molecule has 6 nitrogen and oxygen atoms in total. The Morgan fingerprint density at radius 3 is 2.58 bits per heavy atom. The fraction of sp³-hybridized carbons (Fsp3) is 0.222. The number of anilines is 1. The van der Waals surface area contributed by atoms with E-state index in [-0.39, 0.29) is 0 Å². The number of methoxy groups -OCH3 is 3. The molecule has 1 aromatic carbocycles. The van der Waals surface area contributed by atoms with Crippen LogP contribution in [0.2, 0.25) is 0 Å². The normalized spacial score (nSPS) is 10.4. The van der Waals surface area contributed by atoms with Crippen molar-refractivity contribution in [2.75, 3.05) is 26.6 Å². The summed E-state index contributed by atoms with van der Waals surface area (Å²) >= 11 is 3.23. The Kier molecular flexibility index (Phi) is 5.75. The molecule has 136 valence electrons. The summed E-state index contributed by atoms with van der Waals surface area (Å²) in [5.74, 6) is 0.539. The van der Waals surface area contributed by atoms with E-state index in [1.54, 1.807) is 41.9 Å². The molecule has 0 aliphatic carbocycles. The molecule has 3 rings (SSSR count). The Morgan fingerprint density at radius 1 is 1.15 bits per heavy atom. The van der Waals surface area contributed by atoms with Crippen molar-refractivity contribution < 1.29 is 19.0 Å². The van der Waals surface area contributed by atoms with Crippen molar-refractivity contribution in [1.29, 1.82) is 0 Å². The van der Waals surface area contributed by atoms with Gasteiger partial charge in [0.15, 0.2) is 11.5 Å². The summed E-state index contributed by atoms with van der Waals surface area (Å²) in [5, 5.41) is 10.3. The van der Waals surface area contributed by atoms with Gasteiger partial charge in [0.1, 0.15) is 5.01 Å². The maximum absolute atomic E-state index is 12.1. The maximum Gasteiger partial charge on any atom is 0.340 e. The van der Waals surface area contributed by atoms with E-state index >= 15 is 0 Å². The van der Waals surface area contributed by atoms with Crippen LogP contribution in [0.3, 0.4) is 0 Å². The van der Waals surface area contributed by atoms with Gasteiger partial charge in [0, 0.05) is 28.5 Å². The Balaban J connectivity index is 1.83. The molecule has 2 aromatic heterocycles. The summed E-state index contributed by atoms with van der Waals surface area (Å²) in [5.41, 5.74) is 2.98. The first kappa shape index (κ1) is 18.2. The van der Waals surface area contributed by atoms with E-state index in [2.05, 4.69) is 15.7 Å². The number of ether oxygens (including phenoxy) is 3. The predicted octanol–water partition coefficient (Wildman–Crippen LogP) is 4.29. The minimum atomic E-state index is -0.453. The number of esters is 1. The molecular formula is C18H18N2O4S2. The van der Waals surface area contributed by atoms with Crippen LogP contribution >= 0.6 is 22.7 Å². The van der Waals surface area contributed by atoms with Crippen LogP contribution in [0.15, 0.2) is 34.3 Å². The largest absolute Gasteiger partial charge is 0.493 e. The van der Waals surface area contributed by atoms with Gasteiger partial charge in [0.05, 0.1) is 44.8 Å². The first-order valence-corrected chi connectivity index (χ1v) is 9.53. The number of hydrogen-bond acceptors (Lipinski definition) is 8. The summed E-state index contributed by atoms with van der Waals surface area (Å²) < 4.78 is 15.5. The number of thiophene rings is 1. The quantitative estimate of drug-likeness (QED) is 0.607. The standard InChI is InChI=1S/C18H18N2O4S2/c1-22-15-6-13(18(21)24-3)14(7-16(15)23-2)19-8-12-10-26-17(20-12)11-4-5-25-9-11/h4-7,9-10,19H,8H2,1-3H3. The van der Waals surface area contributed by atoms with E-state index in [4.69, 9.17) is 14.2 Å². The van der Waals surface area contributed by atoms with Crippen molar-refractivity contribution in [3.8, 4) is 22.1 Å². The summed E-state index contributed by atoms with van der Waals surface area (Å²) in [6, 6.07) is 5.37. The lowest BCUT2D eigenvalue weighted by Crippen LogP contribution is -2.09. The van der Waals surface area contributed by atoms with Crippen LogP contribution in [-0.4, -0.2) is 32.3 Å². The second-order valence-corrected chi connectivity index (χ2v) is 6.89. The monoisotopic (exact) mass is 390 g/mol. The minimum absolute atomic E-state index is 0.374. The third-order valence-corrected chi connectivity index (χ3v) is 5.33. The summed E-state index contributed by atoms with van der Waals surface area (Å²) in [7, 11) is 4.41. The molecule has 26 heavy (non-hydrogen) atoms. The van der Waals surface area contributed by atoms with Gasteiger partial charge in [0.25, 0.3) is 0 Å². The Morgan fingerprint density at radius 2 is 1.92 bits per heavy atom. The molecule has 0 unspecified atom stereocenters. The minimum Gasteiger partial charge on any atom is -0.493 e. The van der Waals surface area contributed by atoms with Gasteiger partial charge in [-0.3, -0.25) is 0 Å². The fourth-order valence-corrected chi connectivity index (χ4v) is 3.93. The number of rotatable bonds is 7. The van der Waals surface area contributed by atoms with Crippen LogP contribution in [-0.2, 0) is 11.3 Å². The number of hydrogen-bond donors (Lipinski definition) is 1. The first-order chi connectivity index (χ1) is 12.7. The van der Waals surface area contributed by atoms with E-state index < -0.39 is 5.97 Å². The van der Waals surface area contributed by atoms with Crippen molar-refractivity contribution in [3.05, 3.63) is 45.6 Å². The molecule has 0 saturated carbocycles. The van der Waals surface area contributed by atoms with Gasteiger partial charge in [-0.25, -0.2) is 9.78 Å². The van der Waals surface area contributed by atoms with Gasteiger partial charge >= 0.3 is 5.97 Å². The molecule has 0 fully saturated rings. The molecule has 2 heterocycles. The highest BCUT2D eigenvalue weighted by Crippen LogP contribution is 2.34. The summed E-state index contributed by atoms with van der Waals surface area (Å²) in [6.45, 7) is 0.472. The average Bonchev–Trinajstić information content (AvgIpc) is 3.36. The number of carbonyl (C=O) groups is 1. The predicted molar refractivity (Wildman–Crippen MR) is 104 cm³/mol. The number of benzene rings is 1. The van der Waals surface area contributed by atoms with Crippen LogP contribution in [0.1, 0.15) is 16.1 Å². The third kappa shape index (κ3) is 3.81. The molecule has 0 atom stereocenters. The highest BCUT2D eigenvalue weighted by molar-refractivity contribution is 7.14. The van der Waals surface area contributed by atoms with Gasteiger partial charge < -0.3 is 19.5 Å². The number of nitrogens with zero attached hydrogens (tertiary/aromatic N) is 1. The van der Waals surface area contributed by atoms with Gasteiger partial charge in [-0.05, 0) is 11.4 Å². The van der Waals surface area contributed by atoms with Crippen molar-refractivity contribution in [2.45, 2.75) is 6.54 Å². The van der Waals surface area contributed by atoms with Crippen LogP contribution in [0.4, 0.5) is 5.69 Å². The topological polar surface area (TPSA) is 69.7 Å². The lowest BCUT2D eigenvalue weighted by Gasteiger charge is -2.14. The molecular weight excluding hydrogens is 372 g/mol. The molecule has 0 aliphatic heterocycles. The van der Waals surface area contributed by atoms with E-state index in [0.717, 1.165) is 16.3 Å². The van der Waals surface area contributed by atoms with Gasteiger partial charge in [-0.15, -0.1) is 11.3 Å². The lowest BCUT2D eigenvalue weighted by atomic mass is 10.1. The zero-order valence-electron chi connectivity index (χ0n) is 14.6.